The van der Waals surface area contributed by atoms with E-state index in [4.69, 9.17) is 10.8 Å². The minimum Gasteiger partial charge on any atom is -0.506 e. The molecule has 0 aliphatic heterocycles. The highest BCUT2D eigenvalue weighted by molar-refractivity contribution is 6.16. The molecule has 0 radical (unpaired) electrons. The highest BCUT2D eigenvalue weighted by atomic mass is 16.4. The van der Waals surface area contributed by atoms with E-state index in [1.165, 1.54) is 30.3 Å². The van der Waals surface area contributed by atoms with E-state index in [-0.39, 0.29) is 28.1 Å². The summed E-state index contributed by atoms with van der Waals surface area (Å²) in [7, 11) is 0. The van der Waals surface area contributed by atoms with Crippen LogP contribution in [0, 0.1) is 0 Å². The molecule has 0 aliphatic carbocycles. The van der Waals surface area contributed by atoms with Crippen LogP contribution in [0.2, 0.25) is 0 Å². The molecule has 102 valence electrons. The van der Waals surface area contributed by atoms with Crippen molar-refractivity contribution in [2.75, 3.05) is 5.73 Å². The molecule has 0 atom stereocenters. The number of hydrogen-bond donors (Lipinski definition) is 4. The number of carbonyl (C=O) groups is 2. The number of aromatic hydroxyl groups is 2. The van der Waals surface area contributed by atoms with Crippen molar-refractivity contribution >= 4 is 17.4 Å². The first-order chi connectivity index (χ1) is 9.43. The number of hydrogen-bond acceptors (Lipinski definition) is 5. The number of phenols is 2. The van der Waals surface area contributed by atoms with E-state index in [9.17, 15) is 19.8 Å². The lowest BCUT2D eigenvalue weighted by Gasteiger charge is -2.09. The fraction of sp³-hybridized carbons (Fsp3) is 0. The zero-order valence-corrected chi connectivity index (χ0v) is 10.2. The molecule has 0 unspecified atom stereocenters. The summed E-state index contributed by atoms with van der Waals surface area (Å²) in [5.74, 6) is -2.87. The van der Waals surface area contributed by atoms with Crippen molar-refractivity contribution in [1.82, 2.24) is 0 Å². The standard InChI is InChI=1S/C14H11NO5/c15-11-10(16)6-5-9(13(11)18)12(17)7-3-1-2-4-8(7)14(19)20/h1-6,16,18H,15H2,(H,19,20). The van der Waals surface area contributed by atoms with Crippen molar-refractivity contribution < 1.29 is 24.9 Å². The zero-order chi connectivity index (χ0) is 14.9. The van der Waals surface area contributed by atoms with Gasteiger partial charge in [0.2, 0.25) is 0 Å². The lowest BCUT2D eigenvalue weighted by molar-refractivity contribution is 0.0692. The van der Waals surface area contributed by atoms with Crippen molar-refractivity contribution in [3.63, 3.8) is 0 Å². The van der Waals surface area contributed by atoms with Crippen LogP contribution in [-0.4, -0.2) is 27.1 Å². The number of carboxylic acid groups (broad SMARTS) is 1. The topological polar surface area (TPSA) is 121 Å². The Bertz CT molecular complexity index is 709. The Labute approximate surface area is 113 Å². The van der Waals surface area contributed by atoms with Gasteiger partial charge in [0.25, 0.3) is 0 Å². The predicted octanol–water partition coefficient (Wildman–Crippen LogP) is 1.61. The van der Waals surface area contributed by atoms with Gasteiger partial charge in [0.05, 0.1) is 11.1 Å². The lowest BCUT2D eigenvalue weighted by atomic mass is 9.97. The first-order valence-corrected chi connectivity index (χ1v) is 5.61. The number of phenolic OH excluding ortho intramolecular Hbond substituents is 2. The number of aromatic carboxylic acids is 1. The largest absolute Gasteiger partial charge is 0.506 e. The van der Waals surface area contributed by atoms with Crippen molar-refractivity contribution in [3.05, 3.63) is 53.1 Å². The van der Waals surface area contributed by atoms with Crippen molar-refractivity contribution in [3.8, 4) is 11.5 Å². The molecule has 2 aromatic rings. The van der Waals surface area contributed by atoms with Crippen LogP contribution in [-0.2, 0) is 0 Å². The third kappa shape index (κ3) is 2.14. The van der Waals surface area contributed by atoms with Gasteiger partial charge in [-0.25, -0.2) is 4.79 Å². The molecular weight excluding hydrogens is 262 g/mol. The third-order valence-corrected chi connectivity index (χ3v) is 2.84. The Kier molecular flexibility index (Phi) is 3.30. The molecule has 0 heterocycles. The molecule has 6 nitrogen and oxygen atoms in total. The summed E-state index contributed by atoms with van der Waals surface area (Å²) in [4.78, 5) is 23.4. The molecule has 0 bridgehead atoms. The maximum atomic E-state index is 12.3. The number of carboxylic acids is 1. The van der Waals surface area contributed by atoms with Crippen molar-refractivity contribution in [2.45, 2.75) is 0 Å². The highest BCUT2D eigenvalue weighted by Gasteiger charge is 2.21. The second-order valence-electron chi connectivity index (χ2n) is 4.07. The minimum absolute atomic E-state index is 0.0691. The molecule has 0 fully saturated rings. The van der Waals surface area contributed by atoms with Crippen molar-refractivity contribution in [1.29, 1.82) is 0 Å². The Morgan fingerprint density at radius 1 is 0.900 bits per heavy atom. The zero-order valence-electron chi connectivity index (χ0n) is 10.2. The van der Waals surface area contributed by atoms with E-state index < -0.39 is 17.5 Å². The Hall–Kier alpha value is -3.02. The molecule has 2 rings (SSSR count). The number of anilines is 1. The van der Waals surface area contributed by atoms with E-state index in [0.717, 1.165) is 6.07 Å². The SMILES string of the molecule is Nc1c(O)ccc(C(=O)c2ccccc2C(=O)O)c1O. The highest BCUT2D eigenvalue weighted by Crippen LogP contribution is 2.34. The monoisotopic (exact) mass is 273 g/mol. The van der Waals surface area contributed by atoms with Crippen molar-refractivity contribution in [2.24, 2.45) is 0 Å². The normalized spacial score (nSPS) is 10.2. The number of benzene rings is 2. The summed E-state index contributed by atoms with van der Waals surface area (Å²) in [5.41, 5.74) is 4.68. The molecule has 20 heavy (non-hydrogen) atoms. The van der Waals surface area contributed by atoms with Crippen LogP contribution < -0.4 is 5.73 Å². The van der Waals surface area contributed by atoms with Gasteiger partial charge in [-0.05, 0) is 18.2 Å². The van der Waals surface area contributed by atoms with Gasteiger partial charge in [-0.15, -0.1) is 0 Å². The quantitative estimate of drug-likeness (QED) is 0.383. The number of rotatable bonds is 3. The van der Waals surface area contributed by atoms with E-state index in [1.54, 1.807) is 0 Å². The van der Waals surface area contributed by atoms with Crippen LogP contribution in [0.1, 0.15) is 26.3 Å². The predicted molar refractivity (Wildman–Crippen MR) is 71.0 cm³/mol. The summed E-state index contributed by atoms with van der Waals surface area (Å²) in [5, 5.41) is 28.2. The average Bonchev–Trinajstić information content (AvgIpc) is 2.44. The Balaban J connectivity index is 2.58. The average molecular weight is 273 g/mol. The van der Waals surface area contributed by atoms with E-state index in [0.29, 0.717) is 0 Å². The van der Waals surface area contributed by atoms with Gasteiger partial charge in [-0.2, -0.15) is 0 Å². The third-order valence-electron chi connectivity index (χ3n) is 2.84. The molecule has 0 aromatic heterocycles. The summed E-state index contributed by atoms with van der Waals surface area (Å²) >= 11 is 0. The van der Waals surface area contributed by atoms with Gasteiger partial charge < -0.3 is 21.1 Å². The number of nitrogens with two attached hydrogens (primary N) is 1. The van der Waals surface area contributed by atoms with E-state index >= 15 is 0 Å². The molecule has 0 saturated carbocycles. The first-order valence-electron chi connectivity index (χ1n) is 5.61. The summed E-state index contributed by atoms with van der Waals surface area (Å²) < 4.78 is 0. The summed E-state index contributed by atoms with van der Waals surface area (Å²) in [6.07, 6.45) is 0. The number of ketones is 1. The van der Waals surface area contributed by atoms with Crippen LogP contribution in [0.3, 0.4) is 0 Å². The maximum Gasteiger partial charge on any atom is 0.336 e. The second-order valence-corrected chi connectivity index (χ2v) is 4.07. The molecule has 0 spiro atoms. The fourth-order valence-corrected chi connectivity index (χ4v) is 1.79. The van der Waals surface area contributed by atoms with Gasteiger partial charge in [0.1, 0.15) is 11.4 Å². The molecule has 6 heteroatoms. The minimum atomic E-state index is -1.25. The molecule has 0 amide bonds. The van der Waals surface area contributed by atoms with E-state index in [1.807, 2.05) is 0 Å². The van der Waals surface area contributed by atoms with Gasteiger partial charge >= 0.3 is 5.97 Å². The van der Waals surface area contributed by atoms with Crippen LogP contribution >= 0.6 is 0 Å². The number of carbonyl (C=O) groups excluding carboxylic acids is 1. The fourth-order valence-electron chi connectivity index (χ4n) is 1.79. The Morgan fingerprint density at radius 3 is 2.10 bits per heavy atom. The second kappa shape index (κ2) is 4.93. The molecule has 2 aromatic carbocycles. The summed E-state index contributed by atoms with van der Waals surface area (Å²) in [6.45, 7) is 0. The van der Waals surface area contributed by atoms with Crippen LogP contribution in [0.5, 0.6) is 11.5 Å². The Morgan fingerprint density at radius 2 is 1.50 bits per heavy atom. The first kappa shape index (κ1) is 13.4. The number of nitrogen functional groups attached to an aromatic ring is 1. The van der Waals surface area contributed by atoms with Crippen LogP contribution in [0.25, 0.3) is 0 Å². The smallest absolute Gasteiger partial charge is 0.336 e. The molecule has 5 N–H and O–H groups in total. The molecule has 0 saturated heterocycles. The van der Waals surface area contributed by atoms with Gasteiger partial charge in [-0.1, -0.05) is 18.2 Å². The van der Waals surface area contributed by atoms with E-state index in [2.05, 4.69) is 0 Å². The lowest BCUT2D eigenvalue weighted by Crippen LogP contribution is -2.10. The summed E-state index contributed by atoms with van der Waals surface area (Å²) in [6, 6.07) is 7.98. The molecule has 0 aliphatic rings. The maximum absolute atomic E-state index is 12.3. The van der Waals surface area contributed by atoms with Gasteiger partial charge in [0.15, 0.2) is 11.5 Å². The van der Waals surface area contributed by atoms with Gasteiger partial charge in [-0.3, -0.25) is 4.79 Å². The van der Waals surface area contributed by atoms with Crippen LogP contribution in [0.4, 0.5) is 5.69 Å². The van der Waals surface area contributed by atoms with Crippen LogP contribution in [0.15, 0.2) is 36.4 Å². The molecular formula is C14H11NO5. The van der Waals surface area contributed by atoms with Gasteiger partial charge in [0, 0.05) is 5.56 Å².